The normalized spacial score (nSPS) is 18.1. The topological polar surface area (TPSA) is 163 Å². The molecule has 3 heterocycles. The molecular weight excluding hydrogens is 500 g/mol. The van der Waals surface area contributed by atoms with E-state index in [2.05, 4.69) is 15.2 Å². The van der Waals surface area contributed by atoms with Crippen LogP contribution >= 0.6 is 11.6 Å². The number of piperidine rings is 1. The Balaban J connectivity index is 1.35. The Morgan fingerprint density at radius 1 is 1.11 bits per heavy atom. The first-order valence-electron chi connectivity index (χ1n) is 12.3. The Morgan fingerprint density at radius 2 is 1.78 bits per heavy atom. The average molecular weight is 533 g/mol. The molecule has 2 aliphatic rings. The molecule has 0 bridgehead atoms. The number of hydrogen-bond acceptors (Lipinski definition) is 8. The molecule has 1 atom stereocenters. The minimum Gasteiger partial charge on any atom is -0.394 e. The molecule has 0 radical (unpaired) electrons. The lowest BCUT2D eigenvalue weighted by molar-refractivity contribution is -0.134. The highest BCUT2D eigenvalue weighted by Gasteiger charge is 2.27. The standard InChI is InChI=1S/C24H33ClN8O4/c25-19-13-18(2-1-16(19)14-30-6-3-17(26)4-7-30)33-8-5-21(29-24(33)37)28-23(36)32-11-9-31(10-12-32)22(35)20(27)15-34/h1-2,5,8,13,17,20,34H,3-4,6-7,9-12,14-15,26-27H2,(H,28,29,36,37). The molecule has 12 nitrogen and oxygen atoms in total. The maximum atomic E-state index is 12.7. The third kappa shape index (κ3) is 6.65. The van der Waals surface area contributed by atoms with Gasteiger partial charge in [-0.1, -0.05) is 17.7 Å². The van der Waals surface area contributed by atoms with Crippen molar-refractivity contribution >= 4 is 29.4 Å². The summed E-state index contributed by atoms with van der Waals surface area (Å²) >= 11 is 6.53. The molecule has 1 unspecified atom stereocenters. The van der Waals surface area contributed by atoms with Crippen LogP contribution in [0, 0.1) is 0 Å². The van der Waals surface area contributed by atoms with Gasteiger partial charge in [-0.15, -0.1) is 0 Å². The van der Waals surface area contributed by atoms with Crippen molar-refractivity contribution in [1.29, 1.82) is 0 Å². The summed E-state index contributed by atoms with van der Waals surface area (Å²) in [6.45, 7) is 3.35. The Bertz CT molecular complexity index is 1180. The summed E-state index contributed by atoms with van der Waals surface area (Å²) in [5.74, 6) is -0.227. The highest BCUT2D eigenvalue weighted by atomic mass is 35.5. The van der Waals surface area contributed by atoms with E-state index in [0.29, 0.717) is 36.9 Å². The van der Waals surface area contributed by atoms with Crippen molar-refractivity contribution in [1.82, 2.24) is 24.3 Å². The van der Waals surface area contributed by atoms with Crippen LogP contribution in [0.15, 0.2) is 35.3 Å². The van der Waals surface area contributed by atoms with E-state index in [1.165, 1.54) is 26.6 Å². The van der Waals surface area contributed by atoms with Crippen LogP contribution in [0.5, 0.6) is 0 Å². The molecule has 2 fully saturated rings. The van der Waals surface area contributed by atoms with E-state index in [0.717, 1.165) is 38.0 Å². The molecule has 1 aromatic carbocycles. The van der Waals surface area contributed by atoms with Crippen molar-refractivity contribution in [3.8, 4) is 5.69 Å². The first-order valence-corrected chi connectivity index (χ1v) is 12.7. The molecule has 13 heteroatoms. The Labute approximate surface area is 219 Å². The van der Waals surface area contributed by atoms with E-state index >= 15 is 0 Å². The fourth-order valence-corrected chi connectivity index (χ4v) is 4.70. The lowest BCUT2D eigenvalue weighted by Crippen LogP contribution is -2.55. The Morgan fingerprint density at radius 3 is 2.41 bits per heavy atom. The van der Waals surface area contributed by atoms with Gasteiger partial charge in [-0.05, 0) is 49.7 Å². The molecule has 2 aliphatic heterocycles. The number of piperazine rings is 1. The van der Waals surface area contributed by atoms with Gasteiger partial charge in [-0.2, -0.15) is 4.98 Å². The zero-order valence-electron chi connectivity index (χ0n) is 20.6. The largest absolute Gasteiger partial charge is 0.394 e. The number of urea groups is 1. The monoisotopic (exact) mass is 532 g/mol. The number of hydrogen-bond donors (Lipinski definition) is 4. The number of aliphatic hydroxyl groups excluding tert-OH is 1. The SMILES string of the molecule is NC1CCN(Cc2ccc(-n3ccc(NC(=O)N4CCN(C(=O)C(N)CO)CC4)nc3=O)cc2Cl)CC1. The predicted molar refractivity (Wildman–Crippen MR) is 140 cm³/mol. The van der Waals surface area contributed by atoms with Crippen molar-refractivity contribution in [2.75, 3.05) is 51.2 Å². The van der Waals surface area contributed by atoms with Crippen molar-refractivity contribution in [3.05, 3.63) is 51.5 Å². The second kappa shape index (κ2) is 12.0. The van der Waals surface area contributed by atoms with Gasteiger partial charge >= 0.3 is 11.7 Å². The second-order valence-corrected chi connectivity index (χ2v) is 9.79. The van der Waals surface area contributed by atoms with Gasteiger partial charge in [0, 0.05) is 50.0 Å². The fraction of sp³-hybridized carbons (Fsp3) is 0.500. The lowest BCUT2D eigenvalue weighted by Gasteiger charge is -2.35. The minimum absolute atomic E-state index is 0.123. The minimum atomic E-state index is -0.962. The average Bonchev–Trinajstić information content (AvgIpc) is 2.90. The molecule has 6 N–H and O–H groups in total. The summed E-state index contributed by atoms with van der Waals surface area (Å²) in [7, 11) is 0. The second-order valence-electron chi connectivity index (χ2n) is 9.39. The molecule has 2 aromatic rings. The molecular formula is C24H33ClN8O4. The van der Waals surface area contributed by atoms with Crippen LogP contribution in [0.2, 0.25) is 5.02 Å². The summed E-state index contributed by atoms with van der Waals surface area (Å²) in [6.07, 6.45) is 3.47. The Kier molecular flexibility index (Phi) is 8.77. The number of rotatable bonds is 6. The van der Waals surface area contributed by atoms with Gasteiger partial charge in [0.05, 0.1) is 12.3 Å². The number of halogens is 1. The van der Waals surface area contributed by atoms with E-state index in [4.69, 9.17) is 28.2 Å². The zero-order valence-corrected chi connectivity index (χ0v) is 21.3. The van der Waals surface area contributed by atoms with Gasteiger partial charge in [0.15, 0.2) is 0 Å². The number of aliphatic hydroxyl groups is 1. The van der Waals surface area contributed by atoms with Crippen LogP contribution in [-0.4, -0.2) is 99.3 Å². The zero-order chi connectivity index (χ0) is 26.5. The number of nitrogens with two attached hydrogens (primary N) is 2. The van der Waals surface area contributed by atoms with E-state index in [-0.39, 0.29) is 17.8 Å². The van der Waals surface area contributed by atoms with Gasteiger partial charge in [-0.25, -0.2) is 9.59 Å². The predicted octanol–water partition coefficient (Wildman–Crippen LogP) is -0.195. The van der Waals surface area contributed by atoms with Crippen molar-refractivity contribution in [2.45, 2.75) is 31.5 Å². The molecule has 1 aromatic heterocycles. The number of amides is 3. The van der Waals surface area contributed by atoms with E-state index in [1.54, 1.807) is 6.07 Å². The highest BCUT2D eigenvalue weighted by Crippen LogP contribution is 2.23. The molecule has 4 rings (SSSR count). The third-order valence-electron chi connectivity index (χ3n) is 6.77. The molecule has 200 valence electrons. The fourth-order valence-electron chi connectivity index (χ4n) is 4.47. The highest BCUT2D eigenvalue weighted by molar-refractivity contribution is 6.31. The summed E-state index contributed by atoms with van der Waals surface area (Å²) < 4.78 is 1.36. The van der Waals surface area contributed by atoms with Crippen LogP contribution in [0.25, 0.3) is 5.69 Å². The number of nitrogens with one attached hydrogen (secondary N) is 1. The van der Waals surface area contributed by atoms with Crippen LogP contribution in [0.3, 0.4) is 0 Å². The number of benzene rings is 1. The summed E-state index contributed by atoms with van der Waals surface area (Å²) in [5, 5.41) is 12.3. The van der Waals surface area contributed by atoms with Gasteiger partial charge in [-0.3, -0.25) is 19.6 Å². The molecule has 37 heavy (non-hydrogen) atoms. The number of carbonyl (C=O) groups excluding carboxylic acids is 2. The maximum absolute atomic E-state index is 12.7. The number of carbonyl (C=O) groups is 2. The Hall–Kier alpha value is -3.03. The van der Waals surface area contributed by atoms with Crippen LogP contribution in [0.4, 0.5) is 10.6 Å². The lowest BCUT2D eigenvalue weighted by atomic mass is 10.1. The molecule has 0 saturated carbocycles. The van der Waals surface area contributed by atoms with Crippen LogP contribution < -0.4 is 22.5 Å². The smallest absolute Gasteiger partial charge is 0.354 e. The summed E-state index contributed by atoms with van der Waals surface area (Å²) in [4.78, 5) is 46.8. The molecule has 0 aliphatic carbocycles. The van der Waals surface area contributed by atoms with E-state index < -0.39 is 24.4 Å². The summed E-state index contributed by atoms with van der Waals surface area (Å²) in [5.41, 5.74) is 12.6. The third-order valence-corrected chi connectivity index (χ3v) is 7.12. The quantitative estimate of drug-likeness (QED) is 0.397. The van der Waals surface area contributed by atoms with Crippen molar-refractivity contribution in [2.24, 2.45) is 11.5 Å². The van der Waals surface area contributed by atoms with Gasteiger partial charge in [0.25, 0.3) is 0 Å². The van der Waals surface area contributed by atoms with E-state index in [9.17, 15) is 14.4 Å². The number of aromatic nitrogens is 2. The van der Waals surface area contributed by atoms with Crippen LogP contribution in [-0.2, 0) is 11.3 Å². The number of likely N-dealkylation sites (tertiary alicyclic amines) is 1. The number of nitrogens with zero attached hydrogens (tertiary/aromatic N) is 5. The van der Waals surface area contributed by atoms with Gasteiger partial charge < -0.3 is 26.4 Å². The first kappa shape index (κ1) is 27.0. The first-order chi connectivity index (χ1) is 17.7. The van der Waals surface area contributed by atoms with Gasteiger partial charge in [0.1, 0.15) is 11.9 Å². The number of anilines is 1. The van der Waals surface area contributed by atoms with Crippen molar-refractivity contribution in [3.63, 3.8) is 0 Å². The molecule has 3 amide bonds. The van der Waals surface area contributed by atoms with Gasteiger partial charge in [0.2, 0.25) is 5.91 Å². The molecule has 0 spiro atoms. The van der Waals surface area contributed by atoms with Crippen molar-refractivity contribution < 1.29 is 14.7 Å². The maximum Gasteiger partial charge on any atom is 0.354 e. The molecule has 2 saturated heterocycles. The summed E-state index contributed by atoms with van der Waals surface area (Å²) in [6, 6.07) is 5.88. The van der Waals surface area contributed by atoms with E-state index in [1.807, 2.05) is 12.1 Å². The van der Waals surface area contributed by atoms with Crippen LogP contribution in [0.1, 0.15) is 18.4 Å².